The Morgan fingerprint density at radius 3 is 1.41 bits per heavy atom. The third kappa shape index (κ3) is 36.6. The Hall–Kier alpha value is -0.560. The van der Waals surface area contributed by atoms with Crippen molar-refractivity contribution < 1.29 is 0 Å². The van der Waals surface area contributed by atoms with Crippen LogP contribution in [0.1, 0.15) is 86.0 Å². The van der Waals surface area contributed by atoms with Crippen LogP contribution >= 0.6 is 0 Å². The monoisotopic (exact) mass is 315 g/mol. The molecule has 0 aliphatic heterocycles. The second-order valence-electron chi connectivity index (χ2n) is 4.78. The van der Waals surface area contributed by atoms with Crippen molar-refractivity contribution in [1.82, 2.24) is 10.6 Å². The molecule has 0 aliphatic rings. The number of nitrogens with two attached hydrogens (primary N) is 1. The summed E-state index contributed by atoms with van der Waals surface area (Å²) >= 11 is 0. The molecule has 3 nitrogen and oxygen atoms in total. The topological polar surface area (TPSA) is 50.1 Å². The van der Waals surface area contributed by atoms with Gasteiger partial charge in [0.1, 0.15) is 0 Å². The first-order valence-electron chi connectivity index (χ1n) is 8.86. The molecule has 0 rings (SSSR count). The molecule has 0 radical (unpaired) electrons. The van der Waals surface area contributed by atoms with E-state index in [0.717, 1.165) is 6.54 Å². The van der Waals surface area contributed by atoms with E-state index in [1.165, 1.54) is 70.9 Å². The van der Waals surface area contributed by atoms with Gasteiger partial charge in [-0.3, -0.25) is 0 Å². The summed E-state index contributed by atoms with van der Waals surface area (Å²) < 4.78 is 0. The van der Waals surface area contributed by atoms with Crippen LogP contribution in [0, 0.1) is 12.8 Å². The van der Waals surface area contributed by atoms with Crippen LogP contribution in [0.25, 0.3) is 0 Å². The van der Waals surface area contributed by atoms with E-state index >= 15 is 0 Å². The van der Waals surface area contributed by atoms with Gasteiger partial charge in [0.25, 0.3) is 0 Å². The zero-order chi connectivity index (χ0) is 16.6. The molecule has 0 aliphatic carbocycles. The Labute approximate surface area is 142 Å². The SMILES string of the molecule is C.C#C.CC.CCCCCCCNCCCCCCNCN. The predicted octanol–water partition coefficient (Wildman–Crippen LogP) is 4.52. The first kappa shape index (κ1) is 29.5. The Bertz CT molecular complexity index is 144. The van der Waals surface area contributed by atoms with Crippen molar-refractivity contribution in [3.8, 4) is 12.8 Å². The van der Waals surface area contributed by atoms with Gasteiger partial charge in [0.2, 0.25) is 0 Å². The van der Waals surface area contributed by atoms with E-state index < -0.39 is 0 Å². The van der Waals surface area contributed by atoms with E-state index in [4.69, 9.17) is 5.73 Å². The molecule has 22 heavy (non-hydrogen) atoms. The lowest BCUT2D eigenvalue weighted by Gasteiger charge is -2.05. The van der Waals surface area contributed by atoms with Crippen molar-refractivity contribution in [3.63, 3.8) is 0 Å². The summed E-state index contributed by atoms with van der Waals surface area (Å²) in [6.07, 6.45) is 20.1. The molecule has 0 saturated carbocycles. The Kier molecular flexibility index (Phi) is 49.6. The highest BCUT2D eigenvalue weighted by atomic mass is 14.9. The zero-order valence-corrected chi connectivity index (χ0v) is 14.9. The normalized spacial score (nSPS) is 8.82. The Morgan fingerprint density at radius 1 is 0.682 bits per heavy atom. The maximum Gasteiger partial charge on any atom is 0.0428 e. The van der Waals surface area contributed by atoms with Crippen LogP contribution < -0.4 is 16.4 Å². The maximum absolute atomic E-state index is 5.35. The highest BCUT2D eigenvalue weighted by Gasteiger charge is 1.91. The molecular weight excluding hydrogens is 270 g/mol. The minimum Gasteiger partial charge on any atom is -0.318 e. The standard InChI is InChI=1S/C14H33N3.C2H6.C2H2.CH4/c1-2-3-4-5-8-11-16-12-9-6-7-10-13-17-14-15;2*1-2;/h16-17H,2-15H2,1H3;1-2H3;1-2H;1H4. The Balaban J connectivity index is -0.000000297. The number of rotatable bonds is 14. The van der Waals surface area contributed by atoms with Crippen molar-refractivity contribution >= 4 is 0 Å². The largest absolute Gasteiger partial charge is 0.318 e. The average Bonchev–Trinajstić information content (AvgIpc) is 2.56. The quantitative estimate of drug-likeness (QED) is 0.251. The Morgan fingerprint density at radius 2 is 1.05 bits per heavy atom. The lowest BCUT2D eigenvalue weighted by Crippen LogP contribution is -2.23. The number of unbranched alkanes of at least 4 members (excludes halogenated alkanes) is 7. The average molecular weight is 316 g/mol. The van der Waals surface area contributed by atoms with E-state index in [1.54, 1.807) is 0 Å². The molecule has 0 unspecified atom stereocenters. The molecule has 0 aromatic heterocycles. The lowest BCUT2D eigenvalue weighted by atomic mass is 10.1. The minimum atomic E-state index is 0. The zero-order valence-electron chi connectivity index (χ0n) is 14.9. The van der Waals surface area contributed by atoms with Gasteiger partial charge in [0.05, 0.1) is 0 Å². The first-order chi connectivity index (χ1) is 10.4. The third-order valence-corrected chi connectivity index (χ3v) is 3.06. The fraction of sp³-hybridized carbons (Fsp3) is 0.895. The van der Waals surface area contributed by atoms with Gasteiger partial charge in [-0.15, -0.1) is 12.8 Å². The molecule has 3 heteroatoms. The second kappa shape index (κ2) is 37.0. The van der Waals surface area contributed by atoms with Gasteiger partial charge in [-0.25, -0.2) is 0 Å². The number of nitrogens with one attached hydrogen (secondary N) is 2. The van der Waals surface area contributed by atoms with Crippen molar-refractivity contribution in [2.45, 2.75) is 86.0 Å². The predicted molar refractivity (Wildman–Crippen MR) is 105 cm³/mol. The number of hydrogen-bond donors (Lipinski definition) is 3. The van der Waals surface area contributed by atoms with Gasteiger partial charge >= 0.3 is 0 Å². The van der Waals surface area contributed by atoms with Crippen LogP contribution in [0.2, 0.25) is 0 Å². The molecular formula is C19H45N3. The highest BCUT2D eigenvalue weighted by Crippen LogP contribution is 2.01. The van der Waals surface area contributed by atoms with E-state index in [2.05, 4.69) is 30.4 Å². The molecule has 4 N–H and O–H groups in total. The minimum absolute atomic E-state index is 0. The van der Waals surface area contributed by atoms with Crippen LogP contribution in [0.3, 0.4) is 0 Å². The van der Waals surface area contributed by atoms with E-state index in [9.17, 15) is 0 Å². The summed E-state index contributed by atoms with van der Waals surface area (Å²) in [7, 11) is 0. The van der Waals surface area contributed by atoms with Gasteiger partial charge in [0.15, 0.2) is 0 Å². The second-order valence-corrected chi connectivity index (χ2v) is 4.78. The number of terminal acetylenes is 1. The fourth-order valence-corrected chi connectivity index (χ4v) is 1.93. The van der Waals surface area contributed by atoms with Crippen molar-refractivity contribution in [2.75, 3.05) is 26.3 Å². The van der Waals surface area contributed by atoms with Gasteiger partial charge < -0.3 is 16.4 Å². The van der Waals surface area contributed by atoms with Crippen molar-refractivity contribution in [2.24, 2.45) is 5.73 Å². The van der Waals surface area contributed by atoms with Crippen molar-refractivity contribution in [1.29, 1.82) is 0 Å². The fourth-order valence-electron chi connectivity index (χ4n) is 1.93. The lowest BCUT2D eigenvalue weighted by molar-refractivity contribution is 0.545. The summed E-state index contributed by atoms with van der Waals surface area (Å²) in [6.45, 7) is 10.3. The van der Waals surface area contributed by atoms with E-state index in [-0.39, 0.29) is 7.43 Å². The summed E-state index contributed by atoms with van der Waals surface area (Å²) in [6, 6.07) is 0. The summed E-state index contributed by atoms with van der Waals surface area (Å²) in [5.74, 6) is 0. The summed E-state index contributed by atoms with van der Waals surface area (Å²) in [5, 5.41) is 6.67. The molecule has 0 aromatic carbocycles. The van der Waals surface area contributed by atoms with Crippen LogP contribution in [-0.4, -0.2) is 26.3 Å². The maximum atomic E-state index is 5.35. The molecule has 0 aromatic rings. The molecule has 0 spiro atoms. The van der Waals surface area contributed by atoms with Crippen LogP contribution in [0.5, 0.6) is 0 Å². The van der Waals surface area contributed by atoms with E-state index in [1.807, 2.05) is 13.8 Å². The molecule has 136 valence electrons. The van der Waals surface area contributed by atoms with Crippen LogP contribution in [-0.2, 0) is 0 Å². The third-order valence-electron chi connectivity index (χ3n) is 3.06. The van der Waals surface area contributed by atoms with Gasteiger partial charge in [-0.05, 0) is 38.9 Å². The molecule has 0 bridgehead atoms. The summed E-state index contributed by atoms with van der Waals surface area (Å²) in [4.78, 5) is 0. The molecule has 0 atom stereocenters. The van der Waals surface area contributed by atoms with Gasteiger partial charge in [-0.2, -0.15) is 0 Å². The first-order valence-corrected chi connectivity index (χ1v) is 8.86. The van der Waals surface area contributed by atoms with Crippen LogP contribution in [0.15, 0.2) is 0 Å². The smallest absolute Gasteiger partial charge is 0.0428 e. The molecule has 0 saturated heterocycles. The van der Waals surface area contributed by atoms with Crippen LogP contribution in [0.4, 0.5) is 0 Å². The van der Waals surface area contributed by atoms with Gasteiger partial charge in [0, 0.05) is 6.67 Å². The highest BCUT2D eigenvalue weighted by molar-refractivity contribution is 4.52. The van der Waals surface area contributed by atoms with Crippen molar-refractivity contribution in [3.05, 3.63) is 0 Å². The molecule has 0 heterocycles. The number of hydrogen-bond acceptors (Lipinski definition) is 3. The molecule has 0 fully saturated rings. The summed E-state index contributed by atoms with van der Waals surface area (Å²) in [5.41, 5.74) is 5.35. The molecule has 0 amide bonds. The van der Waals surface area contributed by atoms with Gasteiger partial charge in [-0.1, -0.05) is 66.7 Å². The van der Waals surface area contributed by atoms with E-state index in [0.29, 0.717) is 6.67 Å².